The molecule has 0 aromatic heterocycles. The minimum atomic E-state index is 0.837. The van der Waals surface area contributed by atoms with Gasteiger partial charge in [-0.1, -0.05) is 140 Å². The molecule has 0 fully saturated rings. The zero-order valence-electron chi connectivity index (χ0n) is 25.1. The monoisotopic (exact) mass is 587 g/mol. The summed E-state index contributed by atoms with van der Waals surface area (Å²) in [5.41, 5.74) is 10.0. The summed E-state index contributed by atoms with van der Waals surface area (Å²) in [4.78, 5) is 2.33. The standard InChI is InChI=1S/C44H29NO/c1-2-11-30(12-3-1)32-21-25-35(26-22-32)45(36-27-23-31-13-4-5-15-34(31)29-36)41-19-10-18-39-38-28-24-33-14-6-7-16-37(33)43(38)40-17-8-9-20-42(40)46-44(39)41/h1-29H. The molecule has 0 radical (unpaired) electrons. The molecule has 2 nitrogen and oxygen atoms in total. The molecule has 1 aliphatic heterocycles. The van der Waals surface area contributed by atoms with E-state index in [4.69, 9.17) is 4.74 Å². The molecule has 0 unspecified atom stereocenters. The number of hydrogen-bond acceptors (Lipinski definition) is 2. The molecule has 216 valence electrons. The Labute approximate surface area is 268 Å². The number of benzene rings is 8. The Kier molecular flexibility index (Phi) is 6.17. The predicted octanol–water partition coefficient (Wildman–Crippen LogP) is 12.6. The Morgan fingerprint density at radius 3 is 1.91 bits per heavy atom. The van der Waals surface area contributed by atoms with E-state index < -0.39 is 0 Å². The molecule has 0 amide bonds. The van der Waals surface area contributed by atoms with E-state index >= 15 is 0 Å². The van der Waals surface area contributed by atoms with Crippen LogP contribution < -0.4 is 9.64 Å². The second-order valence-corrected chi connectivity index (χ2v) is 11.7. The van der Waals surface area contributed by atoms with Crippen LogP contribution in [-0.2, 0) is 0 Å². The normalized spacial score (nSPS) is 11.7. The highest BCUT2D eigenvalue weighted by Crippen LogP contribution is 2.54. The van der Waals surface area contributed by atoms with Gasteiger partial charge in [0.25, 0.3) is 0 Å². The van der Waals surface area contributed by atoms with E-state index in [1.165, 1.54) is 43.8 Å². The van der Waals surface area contributed by atoms with Gasteiger partial charge in [-0.05, 0) is 74.6 Å². The SMILES string of the molecule is c1ccc(-c2ccc(N(c3ccc4ccccc4c3)c3cccc4c3Oc3ccccc3-c3c-4ccc4ccccc34)cc2)cc1. The van der Waals surface area contributed by atoms with Crippen LogP contribution in [0.4, 0.5) is 17.1 Å². The molecule has 9 rings (SSSR count). The predicted molar refractivity (Wildman–Crippen MR) is 193 cm³/mol. The van der Waals surface area contributed by atoms with Gasteiger partial charge >= 0.3 is 0 Å². The molecule has 0 atom stereocenters. The van der Waals surface area contributed by atoms with E-state index in [1.807, 2.05) is 0 Å². The van der Waals surface area contributed by atoms with Crippen molar-refractivity contribution in [3.8, 4) is 44.9 Å². The van der Waals surface area contributed by atoms with Crippen molar-refractivity contribution in [3.05, 3.63) is 176 Å². The summed E-state index contributed by atoms with van der Waals surface area (Å²) >= 11 is 0. The highest BCUT2D eigenvalue weighted by atomic mass is 16.5. The molecule has 46 heavy (non-hydrogen) atoms. The molecule has 1 aliphatic rings. The second kappa shape index (κ2) is 10.8. The topological polar surface area (TPSA) is 12.5 Å². The zero-order valence-corrected chi connectivity index (χ0v) is 25.1. The summed E-state index contributed by atoms with van der Waals surface area (Å²) in [7, 11) is 0. The maximum Gasteiger partial charge on any atom is 0.159 e. The van der Waals surface area contributed by atoms with E-state index in [9.17, 15) is 0 Å². The van der Waals surface area contributed by atoms with Gasteiger partial charge in [0.15, 0.2) is 5.75 Å². The van der Waals surface area contributed by atoms with Crippen LogP contribution in [0.1, 0.15) is 0 Å². The second-order valence-electron chi connectivity index (χ2n) is 11.7. The molecule has 8 aromatic carbocycles. The van der Waals surface area contributed by atoms with Gasteiger partial charge in [-0.3, -0.25) is 0 Å². The van der Waals surface area contributed by atoms with E-state index in [1.54, 1.807) is 0 Å². The molecule has 2 heteroatoms. The lowest BCUT2D eigenvalue weighted by atomic mass is 9.89. The fourth-order valence-electron chi connectivity index (χ4n) is 6.86. The summed E-state index contributed by atoms with van der Waals surface area (Å²) < 4.78 is 7.03. The Morgan fingerprint density at radius 1 is 0.391 bits per heavy atom. The van der Waals surface area contributed by atoms with Crippen LogP contribution in [0, 0.1) is 0 Å². The largest absolute Gasteiger partial charge is 0.454 e. The molecule has 1 heterocycles. The van der Waals surface area contributed by atoms with Crippen molar-refractivity contribution in [1.29, 1.82) is 0 Å². The summed E-state index contributed by atoms with van der Waals surface area (Å²) in [6, 6.07) is 62.6. The first-order valence-electron chi connectivity index (χ1n) is 15.7. The lowest BCUT2D eigenvalue weighted by Gasteiger charge is -2.28. The van der Waals surface area contributed by atoms with E-state index in [0.717, 1.165) is 39.7 Å². The van der Waals surface area contributed by atoms with Crippen molar-refractivity contribution >= 4 is 38.6 Å². The van der Waals surface area contributed by atoms with Crippen molar-refractivity contribution in [3.63, 3.8) is 0 Å². The molecule has 0 aliphatic carbocycles. The first kappa shape index (κ1) is 26.3. The molecular weight excluding hydrogens is 558 g/mol. The summed E-state index contributed by atoms with van der Waals surface area (Å²) in [5.74, 6) is 1.69. The minimum Gasteiger partial charge on any atom is -0.454 e. The van der Waals surface area contributed by atoms with Crippen molar-refractivity contribution in [2.75, 3.05) is 4.90 Å². The number of fused-ring (bicyclic) bond motifs is 8. The van der Waals surface area contributed by atoms with Crippen LogP contribution in [0.5, 0.6) is 11.5 Å². The number of para-hydroxylation sites is 2. The molecule has 0 N–H and O–H groups in total. The van der Waals surface area contributed by atoms with Crippen molar-refractivity contribution < 1.29 is 4.74 Å². The maximum atomic E-state index is 7.03. The van der Waals surface area contributed by atoms with Crippen LogP contribution in [0.15, 0.2) is 176 Å². The number of hydrogen-bond donors (Lipinski definition) is 0. The van der Waals surface area contributed by atoms with Crippen molar-refractivity contribution in [2.45, 2.75) is 0 Å². The smallest absolute Gasteiger partial charge is 0.159 e. The van der Waals surface area contributed by atoms with Gasteiger partial charge in [0, 0.05) is 28.1 Å². The number of anilines is 3. The first-order valence-corrected chi connectivity index (χ1v) is 15.7. The molecule has 0 saturated carbocycles. The third kappa shape index (κ3) is 4.35. The first-order chi connectivity index (χ1) is 22.8. The van der Waals surface area contributed by atoms with Gasteiger partial charge in [-0.25, -0.2) is 0 Å². The Morgan fingerprint density at radius 2 is 1.04 bits per heavy atom. The Bertz CT molecular complexity index is 2390. The van der Waals surface area contributed by atoms with Crippen LogP contribution in [0.3, 0.4) is 0 Å². The highest BCUT2D eigenvalue weighted by Gasteiger charge is 2.27. The molecule has 8 aromatic rings. The average molecular weight is 588 g/mol. The lowest BCUT2D eigenvalue weighted by molar-refractivity contribution is 0.489. The Balaban J connectivity index is 1.30. The molecule has 0 spiro atoms. The zero-order chi connectivity index (χ0) is 30.5. The van der Waals surface area contributed by atoms with Gasteiger partial charge < -0.3 is 9.64 Å². The lowest BCUT2D eigenvalue weighted by Crippen LogP contribution is -2.11. The van der Waals surface area contributed by atoms with Crippen LogP contribution in [-0.4, -0.2) is 0 Å². The van der Waals surface area contributed by atoms with Crippen molar-refractivity contribution in [2.24, 2.45) is 0 Å². The van der Waals surface area contributed by atoms with E-state index in [0.29, 0.717) is 0 Å². The van der Waals surface area contributed by atoms with Crippen LogP contribution >= 0.6 is 0 Å². The quantitative estimate of drug-likeness (QED) is 0.203. The number of rotatable bonds is 4. The van der Waals surface area contributed by atoms with Gasteiger partial charge in [0.1, 0.15) is 5.75 Å². The van der Waals surface area contributed by atoms with Gasteiger partial charge in [0.2, 0.25) is 0 Å². The third-order valence-electron chi connectivity index (χ3n) is 9.05. The number of nitrogens with zero attached hydrogens (tertiary/aromatic N) is 1. The van der Waals surface area contributed by atoms with E-state index in [-0.39, 0.29) is 0 Å². The highest BCUT2D eigenvalue weighted by molar-refractivity contribution is 6.08. The van der Waals surface area contributed by atoms with Crippen molar-refractivity contribution in [1.82, 2.24) is 0 Å². The molecule has 0 bridgehead atoms. The van der Waals surface area contributed by atoms with Gasteiger partial charge in [-0.2, -0.15) is 0 Å². The average Bonchev–Trinajstić information content (AvgIpc) is 3.27. The summed E-state index contributed by atoms with van der Waals surface area (Å²) in [6.45, 7) is 0. The van der Waals surface area contributed by atoms with Crippen LogP contribution in [0.25, 0.3) is 54.9 Å². The molecule has 0 saturated heterocycles. The number of ether oxygens (including phenoxy) is 1. The fourth-order valence-corrected chi connectivity index (χ4v) is 6.86. The van der Waals surface area contributed by atoms with Gasteiger partial charge in [0.05, 0.1) is 5.69 Å². The van der Waals surface area contributed by atoms with Gasteiger partial charge in [-0.15, -0.1) is 0 Å². The minimum absolute atomic E-state index is 0.837. The summed E-state index contributed by atoms with van der Waals surface area (Å²) in [5, 5.41) is 4.84. The molecular formula is C44H29NO. The van der Waals surface area contributed by atoms with E-state index in [2.05, 4.69) is 181 Å². The third-order valence-corrected chi connectivity index (χ3v) is 9.05. The van der Waals surface area contributed by atoms with Crippen LogP contribution in [0.2, 0.25) is 0 Å². The summed E-state index contributed by atoms with van der Waals surface area (Å²) in [6.07, 6.45) is 0. The Hall–Kier alpha value is -6.12. The fraction of sp³-hybridized carbons (Fsp3) is 0. The maximum absolute atomic E-state index is 7.03.